The molecule has 0 atom stereocenters. The molecule has 0 radical (unpaired) electrons. The van der Waals surface area contributed by atoms with Crippen molar-refractivity contribution >= 4 is 0 Å². The lowest BCUT2D eigenvalue weighted by molar-refractivity contribution is 0.185. The molecule has 4 aromatic carbocycles. The first kappa shape index (κ1) is 26.6. The van der Waals surface area contributed by atoms with Gasteiger partial charge in [-0.05, 0) is 120 Å². The Labute approximate surface area is 237 Å². The maximum Gasteiger partial charge on any atom is 0.131 e. The minimum atomic E-state index is 0.267. The van der Waals surface area contributed by atoms with Gasteiger partial charge in [-0.15, -0.1) is 0 Å². The Morgan fingerprint density at radius 2 is 1.00 bits per heavy atom. The van der Waals surface area contributed by atoms with Crippen LogP contribution in [0.3, 0.4) is 0 Å². The third kappa shape index (κ3) is 4.91. The van der Waals surface area contributed by atoms with Crippen LogP contribution in [-0.4, -0.2) is 24.4 Å². The highest BCUT2D eigenvalue weighted by atomic mass is 16.5. The van der Waals surface area contributed by atoms with Crippen LogP contribution in [0.4, 0.5) is 0 Å². The number of benzene rings is 4. The molecule has 0 saturated carbocycles. The molecule has 0 fully saturated rings. The Morgan fingerprint density at radius 3 is 1.43 bits per heavy atom. The van der Waals surface area contributed by atoms with Crippen molar-refractivity contribution in [2.75, 3.05) is 14.2 Å². The molecule has 0 unspecified atom stereocenters. The van der Waals surface area contributed by atoms with Crippen LogP contribution < -0.4 is 0 Å². The van der Waals surface area contributed by atoms with E-state index in [1.54, 1.807) is 14.2 Å². The fourth-order valence-electron chi connectivity index (χ4n) is 6.76. The molecule has 4 heteroatoms. The second-order valence-electron chi connectivity index (χ2n) is 11.3. The minimum absolute atomic E-state index is 0.267. The van der Waals surface area contributed by atoms with Gasteiger partial charge in [0.2, 0.25) is 0 Å². The highest BCUT2D eigenvalue weighted by molar-refractivity contribution is 5.93. The van der Waals surface area contributed by atoms with E-state index in [1.165, 1.54) is 22.3 Å². The van der Waals surface area contributed by atoms with Crippen molar-refractivity contribution in [3.8, 4) is 44.9 Å². The summed E-state index contributed by atoms with van der Waals surface area (Å²) in [6.45, 7) is 1.04. The Hall–Kier alpha value is -3.60. The molecule has 4 nitrogen and oxygen atoms in total. The first-order chi connectivity index (χ1) is 19.6. The molecule has 206 valence electrons. The maximum atomic E-state index is 12.1. The van der Waals surface area contributed by atoms with Crippen LogP contribution in [-0.2, 0) is 48.4 Å². The molecule has 2 aliphatic rings. The number of rotatable bonds is 7. The number of aryl methyl sites for hydroxylation is 2. The highest BCUT2D eigenvalue weighted by Gasteiger charge is 2.29. The van der Waals surface area contributed by atoms with Gasteiger partial charge in [0.1, 0.15) is 11.5 Å². The summed E-state index contributed by atoms with van der Waals surface area (Å²) >= 11 is 0. The topological polar surface area (TPSA) is 58.9 Å². The summed E-state index contributed by atoms with van der Waals surface area (Å²) in [6, 6.07) is 20.8. The first-order valence-corrected chi connectivity index (χ1v) is 14.5. The Bertz CT molecular complexity index is 1430. The number of phenolic OH excluding ortho intramolecular Hbond substituents is 2. The average molecular weight is 535 g/mol. The van der Waals surface area contributed by atoms with E-state index < -0.39 is 0 Å². The molecular weight excluding hydrogens is 496 g/mol. The summed E-state index contributed by atoms with van der Waals surface area (Å²) in [5.41, 5.74) is 12.3. The first-order valence-electron chi connectivity index (χ1n) is 14.5. The van der Waals surface area contributed by atoms with Crippen molar-refractivity contribution in [2.45, 2.75) is 64.6 Å². The molecule has 0 heterocycles. The molecule has 6 rings (SSSR count). The monoisotopic (exact) mass is 534 g/mol. The van der Waals surface area contributed by atoms with Gasteiger partial charge in [0.05, 0.1) is 13.2 Å². The Morgan fingerprint density at radius 1 is 0.575 bits per heavy atom. The van der Waals surface area contributed by atoms with Gasteiger partial charge in [-0.2, -0.15) is 0 Å². The summed E-state index contributed by atoms with van der Waals surface area (Å²) in [6.07, 6.45) is 8.22. The van der Waals surface area contributed by atoms with Crippen molar-refractivity contribution in [3.63, 3.8) is 0 Å². The predicted octanol–water partition coefficient (Wildman–Crippen LogP) is 8.15. The van der Waals surface area contributed by atoms with Gasteiger partial charge in [-0.3, -0.25) is 0 Å². The average Bonchev–Trinajstić information content (AvgIpc) is 2.98. The molecule has 0 bridgehead atoms. The normalized spacial score (nSPS) is 14.6. The lowest BCUT2D eigenvalue weighted by atomic mass is 9.77. The molecule has 0 spiro atoms. The van der Waals surface area contributed by atoms with Gasteiger partial charge >= 0.3 is 0 Å². The summed E-state index contributed by atoms with van der Waals surface area (Å²) in [4.78, 5) is 0. The number of hydrogen-bond acceptors (Lipinski definition) is 4. The lowest BCUT2D eigenvalue weighted by Crippen LogP contribution is -2.10. The summed E-state index contributed by atoms with van der Waals surface area (Å²) < 4.78 is 10.8. The smallest absolute Gasteiger partial charge is 0.131 e. The molecule has 40 heavy (non-hydrogen) atoms. The third-order valence-electron chi connectivity index (χ3n) is 8.59. The van der Waals surface area contributed by atoms with Crippen molar-refractivity contribution in [2.24, 2.45) is 0 Å². The van der Waals surface area contributed by atoms with Crippen LogP contribution in [0.15, 0.2) is 60.7 Å². The van der Waals surface area contributed by atoms with Crippen LogP contribution in [0.5, 0.6) is 11.5 Å². The van der Waals surface area contributed by atoms with E-state index >= 15 is 0 Å². The molecule has 2 aliphatic carbocycles. The minimum Gasteiger partial charge on any atom is -0.507 e. The number of phenols is 2. The van der Waals surface area contributed by atoms with E-state index in [4.69, 9.17) is 9.47 Å². The van der Waals surface area contributed by atoms with E-state index in [0.29, 0.717) is 13.2 Å². The van der Waals surface area contributed by atoms with E-state index in [1.807, 2.05) is 24.3 Å². The van der Waals surface area contributed by atoms with Gasteiger partial charge in [0, 0.05) is 36.5 Å². The molecule has 0 aromatic heterocycles. The van der Waals surface area contributed by atoms with Crippen LogP contribution in [0.2, 0.25) is 0 Å². The van der Waals surface area contributed by atoms with Gasteiger partial charge in [0.25, 0.3) is 0 Å². The van der Waals surface area contributed by atoms with Crippen molar-refractivity contribution < 1.29 is 19.7 Å². The zero-order chi connectivity index (χ0) is 27.6. The number of ether oxygens (including phenoxy) is 2. The predicted molar refractivity (Wildman–Crippen MR) is 161 cm³/mol. The number of hydrogen-bond donors (Lipinski definition) is 2. The summed E-state index contributed by atoms with van der Waals surface area (Å²) in [5.74, 6) is 0.534. The largest absolute Gasteiger partial charge is 0.507 e. The fraction of sp³-hybridized carbons (Fsp3) is 0.333. The fourth-order valence-corrected chi connectivity index (χ4v) is 6.76. The SMILES string of the molecule is COCc1cccc(-c2cc3c(c(-c4c(O)c(-c5cccc(COC)c5)cc5c4CCCC5)c2O)CCCC3)c1. The van der Waals surface area contributed by atoms with E-state index in [0.717, 1.165) is 95.9 Å². The number of fused-ring (bicyclic) bond motifs is 2. The molecule has 2 N–H and O–H groups in total. The zero-order valence-corrected chi connectivity index (χ0v) is 23.6. The van der Waals surface area contributed by atoms with Crippen molar-refractivity contribution in [1.82, 2.24) is 0 Å². The molecule has 4 aromatic rings. The van der Waals surface area contributed by atoms with Gasteiger partial charge in [0.15, 0.2) is 0 Å². The molecule has 0 aliphatic heterocycles. The van der Waals surface area contributed by atoms with E-state index in [9.17, 15) is 10.2 Å². The molecular formula is C36H38O4. The van der Waals surface area contributed by atoms with Crippen LogP contribution >= 0.6 is 0 Å². The van der Waals surface area contributed by atoms with Crippen LogP contribution in [0.25, 0.3) is 33.4 Å². The Balaban J connectivity index is 1.63. The summed E-state index contributed by atoms with van der Waals surface area (Å²) in [7, 11) is 3.40. The number of methoxy groups -OCH3 is 2. The van der Waals surface area contributed by atoms with Gasteiger partial charge in [-0.1, -0.05) is 36.4 Å². The highest BCUT2D eigenvalue weighted by Crippen LogP contribution is 2.52. The van der Waals surface area contributed by atoms with Crippen molar-refractivity contribution in [1.29, 1.82) is 0 Å². The summed E-state index contributed by atoms with van der Waals surface area (Å²) in [5, 5.41) is 24.2. The van der Waals surface area contributed by atoms with Gasteiger partial charge < -0.3 is 19.7 Å². The lowest BCUT2D eigenvalue weighted by Gasteiger charge is -2.28. The standard InChI is InChI=1S/C36H38O4/c1-39-21-23-9-7-13-25(17-23)31-19-27-11-3-5-15-29(27)33(35(31)37)34-30-16-6-4-12-28(30)20-32(36(34)38)26-14-8-10-24(18-26)22-40-2/h7-10,13-14,17-20,37-38H,3-6,11-12,15-16,21-22H2,1-2H3. The van der Waals surface area contributed by atoms with Gasteiger partial charge in [-0.25, -0.2) is 0 Å². The van der Waals surface area contributed by atoms with Crippen LogP contribution in [0, 0.1) is 0 Å². The second kappa shape index (κ2) is 11.5. The number of aromatic hydroxyl groups is 2. The zero-order valence-electron chi connectivity index (χ0n) is 23.6. The van der Waals surface area contributed by atoms with Crippen LogP contribution in [0.1, 0.15) is 59.1 Å². The molecule has 0 saturated heterocycles. The third-order valence-corrected chi connectivity index (χ3v) is 8.59. The Kier molecular flexibility index (Phi) is 7.64. The van der Waals surface area contributed by atoms with Crippen molar-refractivity contribution in [3.05, 3.63) is 94.0 Å². The van der Waals surface area contributed by atoms with E-state index in [-0.39, 0.29) is 11.5 Å². The maximum absolute atomic E-state index is 12.1. The second-order valence-corrected chi connectivity index (χ2v) is 11.3. The quantitative estimate of drug-likeness (QED) is 0.251. The van der Waals surface area contributed by atoms with E-state index in [2.05, 4.69) is 36.4 Å². The molecule has 0 amide bonds.